The summed E-state index contributed by atoms with van der Waals surface area (Å²) in [5.74, 6) is -4.87. The Morgan fingerprint density at radius 3 is 1.88 bits per heavy atom. The number of nitrogens with zero attached hydrogens (tertiary/aromatic N) is 3. The Labute approximate surface area is 183 Å². The third-order valence-corrected chi connectivity index (χ3v) is 7.89. The fourth-order valence-electron chi connectivity index (χ4n) is 6.04. The molecular weight excluding hydrogens is 426 g/mol. The number of rotatable bonds is 8. The van der Waals surface area contributed by atoms with Gasteiger partial charge in [0.2, 0.25) is 17.9 Å². The van der Waals surface area contributed by atoms with Gasteiger partial charge in [0.1, 0.15) is 11.1 Å². The van der Waals surface area contributed by atoms with Crippen molar-refractivity contribution in [1.29, 1.82) is 0 Å². The van der Waals surface area contributed by atoms with Gasteiger partial charge in [-0.15, -0.1) is 0 Å². The fourth-order valence-corrected chi connectivity index (χ4v) is 6.04. The second kappa shape index (κ2) is 7.68. The van der Waals surface area contributed by atoms with Gasteiger partial charge in [-0.05, 0) is 38.5 Å². The number of carbonyl (C=O) groups excluding carboxylic acids is 2. The molecule has 6 atom stereocenters. The summed E-state index contributed by atoms with van der Waals surface area (Å²) in [4.78, 5) is 61.9. The molecule has 12 nitrogen and oxygen atoms in total. The number of carbonyl (C=O) groups is 4. The van der Waals surface area contributed by atoms with Crippen molar-refractivity contribution < 1.29 is 39.4 Å². The van der Waals surface area contributed by atoms with E-state index in [0.717, 1.165) is 0 Å². The lowest BCUT2D eigenvalue weighted by atomic mass is 9.76. The molecule has 0 bridgehead atoms. The summed E-state index contributed by atoms with van der Waals surface area (Å²) in [5, 5.41) is 39.9. The van der Waals surface area contributed by atoms with Gasteiger partial charge in [0, 0.05) is 30.9 Å². The van der Waals surface area contributed by atoms with Crippen molar-refractivity contribution in [2.24, 2.45) is 11.8 Å². The predicted molar refractivity (Wildman–Crippen MR) is 105 cm³/mol. The van der Waals surface area contributed by atoms with E-state index in [1.165, 1.54) is 4.90 Å². The van der Waals surface area contributed by atoms with Crippen LogP contribution in [-0.4, -0.2) is 90.1 Å². The summed E-state index contributed by atoms with van der Waals surface area (Å²) < 4.78 is 0. The van der Waals surface area contributed by atoms with Crippen molar-refractivity contribution in [2.45, 2.75) is 74.6 Å². The third-order valence-electron chi connectivity index (χ3n) is 7.89. The van der Waals surface area contributed by atoms with Gasteiger partial charge < -0.3 is 25.1 Å². The van der Waals surface area contributed by atoms with Crippen molar-refractivity contribution in [3.8, 4) is 0 Å². The van der Waals surface area contributed by atoms with Gasteiger partial charge in [-0.2, -0.15) is 0 Å². The minimum atomic E-state index is -1.21. The largest absolute Gasteiger partial charge is 0.481 e. The molecule has 2 aliphatic carbocycles. The Balaban J connectivity index is 1.31. The molecule has 4 fully saturated rings. The van der Waals surface area contributed by atoms with E-state index in [0.29, 0.717) is 38.8 Å². The van der Waals surface area contributed by atoms with Crippen LogP contribution in [0.15, 0.2) is 0 Å². The minimum absolute atomic E-state index is 0.0457. The molecule has 4 rings (SSSR count). The van der Waals surface area contributed by atoms with E-state index in [9.17, 15) is 44.6 Å². The highest BCUT2D eigenvalue weighted by molar-refractivity contribution is 6.06. The number of nitro groups is 1. The van der Waals surface area contributed by atoms with Crippen molar-refractivity contribution in [1.82, 2.24) is 9.80 Å². The van der Waals surface area contributed by atoms with Crippen LogP contribution in [0.3, 0.4) is 0 Å². The summed E-state index contributed by atoms with van der Waals surface area (Å²) in [6, 6.07) is -0.960. The van der Waals surface area contributed by atoms with Crippen molar-refractivity contribution in [3.05, 3.63) is 10.1 Å². The molecular formula is C20H27N3O9. The second-order valence-corrected chi connectivity index (χ2v) is 9.39. The van der Waals surface area contributed by atoms with E-state index in [2.05, 4.69) is 0 Å². The molecule has 32 heavy (non-hydrogen) atoms. The Morgan fingerprint density at radius 2 is 1.41 bits per heavy atom. The second-order valence-electron chi connectivity index (χ2n) is 9.39. The first-order valence-corrected chi connectivity index (χ1v) is 11.0. The molecule has 12 heteroatoms. The van der Waals surface area contributed by atoms with Gasteiger partial charge in [-0.3, -0.25) is 29.3 Å². The molecule has 0 aromatic heterocycles. The van der Waals surface area contributed by atoms with Gasteiger partial charge >= 0.3 is 11.9 Å². The zero-order valence-electron chi connectivity index (χ0n) is 17.5. The molecule has 2 amide bonds. The fraction of sp³-hybridized carbons (Fsp3) is 0.800. The number of aliphatic hydroxyl groups is 1. The molecule has 4 aliphatic rings. The summed E-state index contributed by atoms with van der Waals surface area (Å²) in [6.07, 6.45) is 1.14. The number of hydrogen-bond donors (Lipinski definition) is 3. The smallest absolute Gasteiger partial charge is 0.309 e. The van der Waals surface area contributed by atoms with Crippen LogP contribution < -0.4 is 0 Å². The zero-order valence-corrected chi connectivity index (χ0v) is 17.5. The standard InChI is InChI=1S/C20H27N3O9/c24-12-4-6-20(14(10-12)16(27)28)18(30)22(20)8-2-1-7-21-17(29)19(21)5-3-11(23(31)32)9-13(19)15(25)26/h11-14,24H,1-10H2,(H,25,26)(H,27,28). The molecule has 2 aliphatic heterocycles. The maximum Gasteiger partial charge on any atom is 0.309 e. The monoisotopic (exact) mass is 453 g/mol. The van der Waals surface area contributed by atoms with E-state index in [-0.39, 0.29) is 37.5 Å². The normalized spacial score (nSPS) is 38.3. The van der Waals surface area contributed by atoms with Crippen LogP contribution in [0.1, 0.15) is 51.4 Å². The van der Waals surface area contributed by atoms with Gasteiger partial charge in [-0.1, -0.05) is 0 Å². The Kier molecular flexibility index (Phi) is 5.38. The zero-order chi connectivity index (χ0) is 23.4. The van der Waals surface area contributed by atoms with Crippen LogP contribution in [-0.2, 0) is 19.2 Å². The van der Waals surface area contributed by atoms with Gasteiger partial charge in [0.15, 0.2) is 0 Å². The Bertz CT molecular complexity index is 878. The maximum absolute atomic E-state index is 12.5. The van der Waals surface area contributed by atoms with Gasteiger partial charge in [0.05, 0.1) is 17.9 Å². The Hall–Kier alpha value is -2.76. The molecule has 0 aromatic rings. The van der Waals surface area contributed by atoms with E-state index in [1.54, 1.807) is 4.90 Å². The molecule has 2 saturated heterocycles. The summed E-state index contributed by atoms with van der Waals surface area (Å²) in [7, 11) is 0. The number of unbranched alkanes of at least 4 members (excludes halogenated alkanes) is 1. The molecule has 0 radical (unpaired) electrons. The van der Waals surface area contributed by atoms with Crippen LogP contribution in [0.5, 0.6) is 0 Å². The van der Waals surface area contributed by atoms with Crippen molar-refractivity contribution in [3.63, 3.8) is 0 Å². The van der Waals surface area contributed by atoms with Crippen molar-refractivity contribution >= 4 is 23.8 Å². The predicted octanol–water partition coefficient (Wildman–Crippen LogP) is -0.296. The van der Waals surface area contributed by atoms with Gasteiger partial charge in [-0.25, -0.2) is 0 Å². The highest BCUT2D eigenvalue weighted by atomic mass is 16.6. The highest BCUT2D eigenvalue weighted by Crippen LogP contribution is 2.52. The van der Waals surface area contributed by atoms with E-state index >= 15 is 0 Å². The topological polar surface area (TPSA) is 178 Å². The molecule has 3 N–H and O–H groups in total. The lowest BCUT2D eigenvalue weighted by Gasteiger charge is -2.30. The summed E-state index contributed by atoms with van der Waals surface area (Å²) >= 11 is 0. The van der Waals surface area contributed by atoms with Crippen LogP contribution in [0, 0.1) is 22.0 Å². The van der Waals surface area contributed by atoms with E-state index < -0.39 is 51.9 Å². The SMILES string of the molecule is O=C(O)C1CC(O)CCC12C(=O)N2CCCCN1C(=O)C12CCC([N+](=O)[O-])CC2C(=O)O. The maximum atomic E-state index is 12.5. The number of amides is 2. The molecule has 2 saturated carbocycles. The lowest BCUT2D eigenvalue weighted by molar-refractivity contribution is -0.528. The Morgan fingerprint density at radius 1 is 0.938 bits per heavy atom. The third kappa shape index (κ3) is 3.23. The average molecular weight is 453 g/mol. The number of aliphatic hydroxyl groups excluding tert-OH is 1. The quantitative estimate of drug-likeness (QED) is 0.193. The molecule has 6 unspecified atom stereocenters. The molecule has 2 spiro atoms. The van der Waals surface area contributed by atoms with Crippen LogP contribution >= 0.6 is 0 Å². The molecule has 0 aromatic carbocycles. The molecule has 2 heterocycles. The minimum Gasteiger partial charge on any atom is -0.481 e. The number of carboxylic acid groups (broad SMARTS) is 2. The van der Waals surface area contributed by atoms with Gasteiger partial charge in [0.25, 0.3) is 0 Å². The first-order chi connectivity index (χ1) is 15.1. The first-order valence-electron chi connectivity index (χ1n) is 11.0. The van der Waals surface area contributed by atoms with E-state index in [4.69, 9.17) is 0 Å². The lowest BCUT2D eigenvalue weighted by Crippen LogP contribution is -2.45. The highest BCUT2D eigenvalue weighted by Gasteiger charge is 2.71. The summed E-state index contributed by atoms with van der Waals surface area (Å²) in [6.45, 7) is 0.626. The van der Waals surface area contributed by atoms with E-state index in [1.807, 2.05) is 0 Å². The number of hydrogen-bond acceptors (Lipinski definition) is 7. The van der Waals surface area contributed by atoms with Crippen LogP contribution in [0.2, 0.25) is 0 Å². The van der Waals surface area contributed by atoms with Crippen LogP contribution in [0.25, 0.3) is 0 Å². The summed E-state index contributed by atoms with van der Waals surface area (Å²) in [5.41, 5.74) is -2.21. The number of aliphatic carboxylic acids is 2. The van der Waals surface area contributed by atoms with Crippen LogP contribution in [0.4, 0.5) is 0 Å². The first kappa shape index (κ1) is 22.4. The number of carboxylic acids is 2. The van der Waals surface area contributed by atoms with Crippen molar-refractivity contribution in [2.75, 3.05) is 13.1 Å². The molecule has 176 valence electrons. The average Bonchev–Trinajstić information content (AvgIpc) is 3.51.